The molecule has 98 valence electrons. The maximum Gasteiger partial charge on any atom is 0.349 e. The minimum Gasteiger partial charge on any atom is -0.503 e. The summed E-state index contributed by atoms with van der Waals surface area (Å²) in [5.74, 6) is -2.52. The molecule has 0 aliphatic heterocycles. The predicted octanol–water partition coefficient (Wildman–Crippen LogP) is 1.67. The number of carbonyl (C=O) groups is 2. The Morgan fingerprint density at radius 3 is 2.17 bits per heavy atom. The Kier molecular flexibility index (Phi) is 4.98. The first-order chi connectivity index (χ1) is 8.61. The van der Waals surface area contributed by atoms with Crippen molar-refractivity contribution in [1.29, 1.82) is 0 Å². The highest BCUT2D eigenvalue weighted by Gasteiger charge is 2.28. The Hall–Kier alpha value is -2.24. The molecule has 0 amide bonds. The summed E-state index contributed by atoms with van der Waals surface area (Å²) >= 11 is 0. The van der Waals surface area contributed by atoms with E-state index in [0.29, 0.717) is 0 Å². The van der Waals surface area contributed by atoms with E-state index >= 15 is 0 Å². The first-order valence-corrected chi connectivity index (χ1v) is 5.43. The van der Waals surface area contributed by atoms with Gasteiger partial charge in [-0.2, -0.15) is 0 Å². The van der Waals surface area contributed by atoms with E-state index in [2.05, 4.69) is 0 Å². The monoisotopic (exact) mass is 254 g/mol. The average Bonchev–Trinajstić information content (AvgIpc) is 2.83. The minimum atomic E-state index is -0.954. The second-order valence-corrected chi connectivity index (χ2v) is 3.14. The van der Waals surface area contributed by atoms with Gasteiger partial charge in [0.1, 0.15) is 0 Å². The molecule has 0 fully saturated rings. The third kappa shape index (κ3) is 3.13. The molecular weight excluding hydrogens is 240 g/mol. The molecule has 0 atom stereocenters. The number of carbonyl (C=O) groups excluding carboxylic acids is 2. The fraction of sp³-hybridized carbons (Fsp3) is 0.333. The van der Waals surface area contributed by atoms with E-state index in [1.165, 1.54) is 18.4 Å². The van der Waals surface area contributed by atoms with Crippen molar-refractivity contribution in [1.82, 2.24) is 0 Å². The molecule has 1 aromatic heterocycles. The van der Waals surface area contributed by atoms with Crippen LogP contribution in [0.2, 0.25) is 0 Å². The van der Waals surface area contributed by atoms with Crippen molar-refractivity contribution in [3.05, 3.63) is 29.7 Å². The molecule has 6 nitrogen and oxygen atoms in total. The number of aliphatic hydroxyl groups is 1. The molecule has 6 heteroatoms. The van der Waals surface area contributed by atoms with Crippen LogP contribution in [0.15, 0.2) is 28.4 Å². The Bertz CT molecular complexity index is 423. The molecule has 0 bridgehead atoms. The molecule has 0 radical (unpaired) electrons. The number of hydrogen-bond acceptors (Lipinski definition) is 6. The number of hydrogen-bond donors (Lipinski definition) is 1. The summed E-state index contributed by atoms with van der Waals surface area (Å²) in [5, 5.41) is 9.85. The smallest absolute Gasteiger partial charge is 0.349 e. The highest BCUT2D eigenvalue weighted by Crippen LogP contribution is 2.18. The molecule has 0 saturated carbocycles. The third-order valence-electron chi connectivity index (χ3n) is 1.95. The van der Waals surface area contributed by atoms with E-state index in [0.717, 1.165) is 0 Å². The average molecular weight is 254 g/mol. The van der Waals surface area contributed by atoms with Gasteiger partial charge in [-0.3, -0.25) is 0 Å². The highest BCUT2D eigenvalue weighted by molar-refractivity contribution is 6.18. The summed E-state index contributed by atoms with van der Waals surface area (Å²) < 4.78 is 14.3. The first-order valence-electron chi connectivity index (χ1n) is 5.43. The maximum atomic E-state index is 11.6. The van der Waals surface area contributed by atoms with Crippen LogP contribution in [0, 0.1) is 0 Å². The van der Waals surface area contributed by atoms with Gasteiger partial charge in [0.2, 0.25) is 0 Å². The van der Waals surface area contributed by atoms with E-state index in [1.807, 2.05) is 0 Å². The van der Waals surface area contributed by atoms with Gasteiger partial charge in [-0.25, -0.2) is 9.59 Å². The van der Waals surface area contributed by atoms with E-state index in [-0.39, 0.29) is 19.0 Å². The van der Waals surface area contributed by atoms with Gasteiger partial charge in [-0.05, 0) is 26.0 Å². The van der Waals surface area contributed by atoms with Crippen molar-refractivity contribution in [3.8, 4) is 0 Å². The second-order valence-electron chi connectivity index (χ2n) is 3.14. The molecule has 18 heavy (non-hydrogen) atoms. The molecule has 1 heterocycles. The van der Waals surface area contributed by atoms with Crippen LogP contribution < -0.4 is 0 Å². The lowest BCUT2D eigenvalue weighted by molar-refractivity contribution is -0.146. The van der Waals surface area contributed by atoms with Crippen LogP contribution in [0.5, 0.6) is 0 Å². The van der Waals surface area contributed by atoms with Crippen LogP contribution in [0.25, 0.3) is 5.76 Å². The van der Waals surface area contributed by atoms with Crippen molar-refractivity contribution in [2.24, 2.45) is 0 Å². The molecule has 0 aromatic carbocycles. The van der Waals surface area contributed by atoms with Crippen LogP contribution in [0.4, 0.5) is 0 Å². The quantitative estimate of drug-likeness (QED) is 0.283. The van der Waals surface area contributed by atoms with E-state index in [4.69, 9.17) is 13.9 Å². The molecule has 1 N–H and O–H groups in total. The summed E-state index contributed by atoms with van der Waals surface area (Å²) in [6.07, 6.45) is 1.31. The summed E-state index contributed by atoms with van der Waals surface area (Å²) in [4.78, 5) is 23.2. The Balaban J connectivity index is 3.14. The van der Waals surface area contributed by atoms with E-state index in [1.54, 1.807) is 13.8 Å². The predicted molar refractivity (Wildman–Crippen MR) is 61.5 cm³/mol. The zero-order valence-electron chi connectivity index (χ0n) is 10.1. The van der Waals surface area contributed by atoms with Gasteiger partial charge in [-0.15, -0.1) is 0 Å². The molecule has 0 aliphatic rings. The van der Waals surface area contributed by atoms with Crippen molar-refractivity contribution in [3.63, 3.8) is 0 Å². The molecule has 1 rings (SSSR count). The Morgan fingerprint density at radius 1 is 1.22 bits per heavy atom. The zero-order chi connectivity index (χ0) is 13.5. The normalized spacial score (nSPS) is 9.67. The number of furan rings is 1. The number of aliphatic hydroxyl groups excluding tert-OH is 1. The lowest BCUT2D eigenvalue weighted by atomic mass is 10.2. The van der Waals surface area contributed by atoms with Crippen molar-refractivity contribution in [2.75, 3.05) is 13.2 Å². The molecule has 0 spiro atoms. The van der Waals surface area contributed by atoms with Crippen LogP contribution >= 0.6 is 0 Å². The third-order valence-corrected chi connectivity index (χ3v) is 1.95. The Morgan fingerprint density at radius 2 is 1.78 bits per heavy atom. The highest BCUT2D eigenvalue weighted by atomic mass is 16.6. The second kappa shape index (κ2) is 6.48. The van der Waals surface area contributed by atoms with E-state index < -0.39 is 23.3 Å². The molecule has 1 aromatic rings. The summed E-state index contributed by atoms with van der Waals surface area (Å²) in [5.41, 5.74) is -0.575. The Labute approximate surface area is 104 Å². The van der Waals surface area contributed by atoms with Gasteiger partial charge in [0, 0.05) is 0 Å². The largest absolute Gasteiger partial charge is 0.503 e. The van der Waals surface area contributed by atoms with Gasteiger partial charge in [-0.1, -0.05) is 0 Å². The molecule has 0 unspecified atom stereocenters. The van der Waals surface area contributed by atoms with Crippen molar-refractivity contribution >= 4 is 17.7 Å². The van der Waals surface area contributed by atoms with Gasteiger partial charge < -0.3 is 19.0 Å². The standard InChI is InChI=1S/C12H14O6/c1-3-16-11(14)9(12(15)17-4-2)10(13)8-6-5-7-18-8/h5-7,13H,3-4H2,1-2H3. The molecule has 0 aliphatic carbocycles. The number of esters is 2. The zero-order valence-corrected chi connectivity index (χ0v) is 10.1. The summed E-state index contributed by atoms with van der Waals surface area (Å²) in [6, 6.07) is 2.92. The summed E-state index contributed by atoms with van der Waals surface area (Å²) in [6.45, 7) is 3.33. The minimum absolute atomic E-state index is 0.00824. The van der Waals surface area contributed by atoms with Crippen LogP contribution in [-0.2, 0) is 19.1 Å². The fourth-order valence-electron chi connectivity index (χ4n) is 1.22. The number of ether oxygens (including phenoxy) is 2. The molecule has 0 saturated heterocycles. The lowest BCUT2D eigenvalue weighted by Gasteiger charge is -2.07. The first kappa shape index (κ1) is 13.8. The van der Waals surface area contributed by atoms with Crippen molar-refractivity contribution in [2.45, 2.75) is 13.8 Å². The van der Waals surface area contributed by atoms with Gasteiger partial charge in [0.05, 0.1) is 19.5 Å². The molecular formula is C12H14O6. The van der Waals surface area contributed by atoms with Crippen LogP contribution in [0.1, 0.15) is 19.6 Å². The number of rotatable bonds is 5. The SMILES string of the molecule is CCOC(=O)C(C(=O)OCC)=C(O)c1ccco1. The van der Waals surface area contributed by atoms with Gasteiger partial charge in [0.25, 0.3) is 0 Å². The maximum absolute atomic E-state index is 11.6. The van der Waals surface area contributed by atoms with Crippen LogP contribution in [-0.4, -0.2) is 30.3 Å². The fourth-order valence-corrected chi connectivity index (χ4v) is 1.22. The van der Waals surface area contributed by atoms with Gasteiger partial charge in [0.15, 0.2) is 17.1 Å². The van der Waals surface area contributed by atoms with Crippen LogP contribution in [0.3, 0.4) is 0 Å². The topological polar surface area (TPSA) is 86.0 Å². The summed E-state index contributed by atoms with van der Waals surface area (Å²) in [7, 11) is 0. The van der Waals surface area contributed by atoms with E-state index in [9.17, 15) is 14.7 Å². The van der Waals surface area contributed by atoms with Crippen molar-refractivity contribution < 1.29 is 28.6 Å². The van der Waals surface area contributed by atoms with Gasteiger partial charge >= 0.3 is 11.9 Å². The lowest BCUT2D eigenvalue weighted by Crippen LogP contribution is -2.20.